The maximum absolute atomic E-state index is 11.8. The van der Waals surface area contributed by atoms with Gasteiger partial charge in [0.25, 0.3) is 0 Å². The standard InChI is InChI=1S/C13H17ClO2/c1-3-6-10(2)16-9-13(15)11-7-4-5-8-12(11)14/h4-5,7-8,10H,3,6,9H2,1-2H3. The molecule has 0 aliphatic carbocycles. The summed E-state index contributed by atoms with van der Waals surface area (Å²) in [5.41, 5.74) is 0.535. The summed E-state index contributed by atoms with van der Waals surface area (Å²) < 4.78 is 5.45. The van der Waals surface area contributed by atoms with Crippen molar-refractivity contribution in [2.24, 2.45) is 0 Å². The number of ether oxygens (including phenoxy) is 1. The number of carbonyl (C=O) groups is 1. The number of ketones is 1. The van der Waals surface area contributed by atoms with Gasteiger partial charge in [-0.15, -0.1) is 0 Å². The Bertz CT molecular complexity index is 350. The van der Waals surface area contributed by atoms with Crippen LogP contribution >= 0.6 is 11.6 Å². The lowest BCUT2D eigenvalue weighted by Gasteiger charge is -2.11. The summed E-state index contributed by atoms with van der Waals surface area (Å²) in [5.74, 6) is -0.0615. The van der Waals surface area contributed by atoms with Gasteiger partial charge in [0, 0.05) is 5.56 Å². The molecule has 88 valence electrons. The highest BCUT2D eigenvalue weighted by molar-refractivity contribution is 6.34. The predicted molar refractivity (Wildman–Crippen MR) is 66.1 cm³/mol. The lowest BCUT2D eigenvalue weighted by molar-refractivity contribution is 0.0490. The van der Waals surface area contributed by atoms with Crippen molar-refractivity contribution in [1.29, 1.82) is 0 Å². The van der Waals surface area contributed by atoms with Gasteiger partial charge in [-0.1, -0.05) is 37.1 Å². The second kappa shape index (κ2) is 6.66. The molecule has 0 heterocycles. The van der Waals surface area contributed by atoms with Gasteiger partial charge in [0.1, 0.15) is 6.61 Å². The highest BCUT2D eigenvalue weighted by Crippen LogP contribution is 2.15. The van der Waals surface area contributed by atoms with Gasteiger partial charge < -0.3 is 4.74 Å². The Hall–Kier alpha value is -0.860. The Balaban J connectivity index is 2.50. The van der Waals surface area contributed by atoms with E-state index >= 15 is 0 Å². The number of rotatable bonds is 6. The molecule has 1 rings (SSSR count). The van der Waals surface area contributed by atoms with Gasteiger partial charge in [-0.05, 0) is 25.5 Å². The average molecular weight is 241 g/mol. The van der Waals surface area contributed by atoms with Gasteiger partial charge in [-0.2, -0.15) is 0 Å². The first-order valence-corrected chi connectivity index (χ1v) is 5.92. The van der Waals surface area contributed by atoms with Gasteiger partial charge in [-0.25, -0.2) is 0 Å². The first-order valence-electron chi connectivity index (χ1n) is 5.54. The van der Waals surface area contributed by atoms with Gasteiger partial charge >= 0.3 is 0 Å². The average Bonchev–Trinajstić information content (AvgIpc) is 2.27. The molecule has 0 N–H and O–H groups in total. The zero-order chi connectivity index (χ0) is 12.0. The Morgan fingerprint density at radius 2 is 2.12 bits per heavy atom. The van der Waals surface area contributed by atoms with Crippen molar-refractivity contribution in [3.05, 3.63) is 34.9 Å². The minimum Gasteiger partial charge on any atom is -0.370 e. The molecule has 0 aliphatic heterocycles. The first kappa shape index (κ1) is 13.2. The molecule has 1 atom stereocenters. The fraction of sp³-hybridized carbons (Fsp3) is 0.462. The lowest BCUT2D eigenvalue weighted by atomic mass is 10.1. The Morgan fingerprint density at radius 1 is 1.44 bits per heavy atom. The monoisotopic (exact) mass is 240 g/mol. The quantitative estimate of drug-likeness (QED) is 0.709. The van der Waals surface area contributed by atoms with Crippen molar-refractivity contribution in [2.45, 2.75) is 32.8 Å². The van der Waals surface area contributed by atoms with Crippen LogP contribution in [-0.2, 0) is 4.74 Å². The second-order valence-corrected chi connectivity index (χ2v) is 4.22. The topological polar surface area (TPSA) is 26.3 Å². The third kappa shape index (κ3) is 3.95. The highest BCUT2D eigenvalue weighted by Gasteiger charge is 2.11. The van der Waals surface area contributed by atoms with E-state index in [1.807, 2.05) is 6.92 Å². The number of hydrogen-bond acceptors (Lipinski definition) is 2. The normalized spacial score (nSPS) is 12.4. The Labute approximate surface area is 102 Å². The van der Waals surface area contributed by atoms with Crippen molar-refractivity contribution >= 4 is 17.4 Å². The van der Waals surface area contributed by atoms with Crippen molar-refractivity contribution in [3.63, 3.8) is 0 Å². The molecule has 0 aromatic heterocycles. The van der Waals surface area contributed by atoms with E-state index in [4.69, 9.17) is 16.3 Å². The molecule has 1 unspecified atom stereocenters. The summed E-state index contributed by atoms with van der Waals surface area (Å²) in [5, 5.41) is 0.485. The molecule has 1 aromatic rings. The summed E-state index contributed by atoms with van der Waals surface area (Å²) in [7, 11) is 0. The summed E-state index contributed by atoms with van der Waals surface area (Å²) in [6, 6.07) is 7.04. The van der Waals surface area contributed by atoms with Gasteiger partial charge in [0.05, 0.1) is 11.1 Å². The molecular weight excluding hydrogens is 224 g/mol. The molecule has 0 bridgehead atoms. The zero-order valence-electron chi connectivity index (χ0n) is 9.70. The van der Waals surface area contributed by atoms with Crippen LogP contribution in [0.1, 0.15) is 37.0 Å². The van der Waals surface area contributed by atoms with Crippen LogP contribution in [-0.4, -0.2) is 18.5 Å². The van der Waals surface area contributed by atoms with E-state index in [0.717, 1.165) is 12.8 Å². The number of carbonyl (C=O) groups excluding carboxylic acids is 1. The van der Waals surface area contributed by atoms with Crippen molar-refractivity contribution in [3.8, 4) is 0 Å². The van der Waals surface area contributed by atoms with Crippen molar-refractivity contribution in [2.75, 3.05) is 6.61 Å². The third-order valence-corrected chi connectivity index (χ3v) is 2.70. The van der Waals surface area contributed by atoms with E-state index in [1.165, 1.54) is 0 Å². The van der Waals surface area contributed by atoms with Gasteiger partial charge in [-0.3, -0.25) is 4.79 Å². The predicted octanol–water partition coefficient (Wildman–Crippen LogP) is 3.73. The number of benzene rings is 1. The smallest absolute Gasteiger partial charge is 0.189 e. The molecule has 3 heteroatoms. The fourth-order valence-corrected chi connectivity index (χ4v) is 1.71. The third-order valence-electron chi connectivity index (χ3n) is 2.37. The molecule has 0 amide bonds. The van der Waals surface area contributed by atoms with E-state index < -0.39 is 0 Å². The van der Waals surface area contributed by atoms with Crippen LogP contribution in [0.4, 0.5) is 0 Å². The second-order valence-electron chi connectivity index (χ2n) is 3.81. The summed E-state index contributed by atoms with van der Waals surface area (Å²) in [6.07, 6.45) is 2.15. The van der Waals surface area contributed by atoms with Crippen LogP contribution < -0.4 is 0 Å². The van der Waals surface area contributed by atoms with Gasteiger partial charge in [0.15, 0.2) is 5.78 Å². The molecule has 0 spiro atoms. The summed E-state index contributed by atoms with van der Waals surface area (Å²) in [4.78, 5) is 11.8. The maximum atomic E-state index is 11.8. The van der Waals surface area contributed by atoms with Gasteiger partial charge in [0.2, 0.25) is 0 Å². The molecule has 1 aromatic carbocycles. The lowest BCUT2D eigenvalue weighted by Crippen LogP contribution is -2.16. The molecule has 0 saturated heterocycles. The van der Waals surface area contributed by atoms with Crippen LogP contribution in [0, 0.1) is 0 Å². The molecule has 0 saturated carbocycles. The Kier molecular flexibility index (Phi) is 5.50. The molecule has 16 heavy (non-hydrogen) atoms. The van der Waals surface area contributed by atoms with Crippen LogP contribution in [0.5, 0.6) is 0 Å². The van der Waals surface area contributed by atoms with Crippen LogP contribution in [0.15, 0.2) is 24.3 Å². The fourth-order valence-electron chi connectivity index (χ4n) is 1.47. The van der Waals surface area contributed by atoms with Crippen molar-refractivity contribution < 1.29 is 9.53 Å². The largest absolute Gasteiger partial charge is 0.370 e. The number of hydrogen-bond donors (Lipinski definition) is 0. The molecule has 0 aliphatic rings. The summed E-state index contributed by atoms with van der Waals surface area (Å²) in [6.45, 7) is 4.17. The maximum Gasteiger partial charge on any atom is 0.189 e. The Morgan fingerprint density at radius 3 is 2.75 bits per heavy atom. The number of halogens is 1. The molecule has 2 nitrogen and oxygen atoms in total. The minimum atomic E-state index is -0.0615. The van der Waals surface area contributed by atoms with Crippen molar-refractivity contribution in [1.82, 2.24) is 0 Å². The molecule has 0 radical (unpaired) electrons. The van der Waals surface area contributed by atoms with E-state index in [9.17, 15) is 4.79 Å². The van der Waals surface area contributed by atoms with E-state index in [2.05, 4.69) is 6.92 Å². The van der Waals surface area contributed by atoms with Crippen LogP contribution in [0.25, 0.3) is 0 Å². The number of Topliss-reactive ketones (excluding diaryl/α,β-unsaturated/α-hetero) is 1. The molecule has 0 fully saturated rings. The van der Waals surface area contributed by atoms with E-state index in [-0.39, 0.29) is 18.5 Å². The SMILES string of the molecule is CCCC(C)OCC(=O)c1ccccc1Cl. The van der Waals surface area contributed by atoms with Crippen LogP contribution in [0.2, 0.25) is 5.02 Å². The first-order chi connectivity index (χ1) is 7.65. The molecular formula is C13H17ClO2. The highest BCUT2D eigenvalue weighted by atomic mass is 35.5. The van der Waals surface area contributed by atoms with E-state index in [0.29, 0.717) is 10.6 Å². The minimum absolute atomic E-state index is 0.0615. The van der Waals surface area contributed by atoms with E-state index in [1.54, 1.807) is 24.3 Å². The zero-order valence-corrected chi connectivity index (χ0v) is 10.5. The van der Waals surface area contributed by atoms with Crippen LogP contribution in [0.3, 0.4) is 0 Å². The summed E-state index contributed by atoms with van der Waals surface area (Å²) >= 11 is 5.92.